The molecule has 2 N–H and O–H groups in total. The van der Waals surface area contributed by atoms with Crippen molar-refractivity contribution in [2.24, 2.45) is 5.92 Å². The van der Waals surface area contributed by atoms with Crippen LogP contribution in [0.4, 0.5) is 5.95 Å². The number of nitrogens with one attached hydrogen (secondary N) is 1. The van der Waals surface area contributed by atoms with Gasteiger partial charge in [-0.05, 0) is 55.1 Å². The lowest BCUT2D eigenvalue weighted by Crippen LogP contribution is -2.57. The van der Waals surface area contributed by atoms with E-state index in [2.05, 4.69) is 88.0 Å². The minimum atomic E-state index is -3.28. The number of aromatic nitrogens is 4. The number of imidazole rings is 1. The number of hydrogen-bond donors (Lipinski definition) is 2. The fraction of sp³-hybridized carbons (Fsp3) is 0.302. The Morgan fingerprint density at radius 3 is 2.05 bits per heavy atom. The number of amides is 1. The van der Waals surface area contributed by atoms with Crippen molar-refractivity contribution in [2.45, 2.75) is 45.2 Å². The number of benzene rings is 4. The topological polar surface area (TPSA) is 127 Å². The van der Waals surface area contributed by atoms with Gasteiger partial charge in [-0.15, -0.1) is 0 Å². The lowest BCUT2D eigenvalue weighted by molar-refractivity contribution is -0.145. The highest BCUT2D eigenvalue weighted by Crippen LogP contribution is 2.47. The number of carbonyl (C=O) groups excluding carboxylic acids is 1. The third-order valence-corrected chi connectivity index (χ3v) is 12.9. The molecule has 14 heteroatoms. The van der Waals surface area contributed by atoms with E-state index >= 15 is 0 Å². The van der Waals surface area contributed by atoms with Crippen molar-refractivity contribution < 1.29 is 23.7 Å². The first kappa shape index (κ1) is 40.4. The fourth-order valence-corrected chi connectivity index (χ4v) is 7.84. The molecule has 0 saturated carbocycles. The summed E-state index contributed by atoms with van der Waals surface area (Å²) in [7, 11) is 3.41. The Hall–Kier alpha value is -4.85. The predicted molar refractivity (Wildman–Crippen MR) is 225 cm³/mol. The molecular formula is C43H48N7O5PS. The Morgan fingerprint density at radius 1 is 0.930 bits per heavy atom. The van der Waals surface area contributed by atoms with Gasteiger partial charge in [0.05, 0.1) is 24.6 Å². The molecule has 2 aromatic heterocycles. The first-order valence-corrected chi connectivity index (χ1v) is 21.5. The molecule has 7 rings (SSSR count). The van der Waals surface area contributed by atoms with Gasteiger partial charge in [0.25, 0.3) is 6.64 Å². The average Bonchev–Trinajstić information content (AvgIpc) is 3.65. The Balaban J connectivity index is 1.37. The zero-order valence-corrected chi connectivity index (χ0v) is 34.4. The van der Waals surface area contributed by atoms with Crippen molar-refractivity contribution in [3.8, 4) is 5.88 Å². The molecule has 1 aliphatic rings. The molecule has 57 heavy (non-hydrogen) atoms. The molecule has 0 radical (unpaired) electrons. The van der Waals surface area contributed by atoms with Crippen LogP contribution in [0.2, 0.25) is 0 Å². The van der Waals surface area contributed by atoms with Crippen molar-refractivity contribution in [1.29, 1.82) is 0 Å². The lowest BCUT2D eigenvalue weighted by atomic mass is 9.75. The quantitative estimate of drug-likeness (QED) is 0.0852. The molecule has 3 heterocycles. The standard InChI is InChI=1S/C43H48N7O5PS/c1-30(2)40(51)46-42-45-39-38(41(47-42)53-27-32-23-21-31(3)22-24-32)44-29-50(39)37-26-49(25-36(55-37)28-54-56(52,57)48(4)5)43(33-15-9-6-10-16-33,34-17-11-7-12-18-34)35-19-13-8-14-20-35/h6-24,29-30,36-37H,25-28H2,1-5H3,(H,52,57)(H,45,46,47,51)/t36-,37+,56?/m0/s1. The normalized spacial score (nSPS) is 17.5. The van der Waals surface area contributed by atoms with E-state index in [1.165, 1.54) is 4.67 Å². The second-order valence-corrected chi connectivity index (χ2v) is 18.1. The van der Waals surface area contributed by atoms with E-state index in [1.54, 1.807) is 34.3 Å². The third kappa shape index (κ3) is 8.70. The van der Waals surface area contributed by atoms with Gasteiger partial charge >= 0.3 is 0 Å². The summed E-state index contributed by atoms with van der Waals surface area (Å²) in [4.78, 5) is 40.7. The number of hydrogen-bond acceptors (Lipinski definition) is 9. The summed E-state index contributed by atoms with van der Waals surface area (Å²) in [5.41, 5.74) is 5.31. The smallest absolute Gasteiger partial charge is 0.260 e. The van der Waals surface area contributed by atoms with Crippen molar-refractivity contribution in [3.05, 3.63) is 149 Å². The highest BCUT2D eigenvalue weighted by molar-refractivity contribution is 8.08. The van der Waals surface area contributed by atoms with E-state index < -0.39 is 24.5 Å². The molecule has 0 bridgehead atoms. The molecule has 1 saturated heterocycles. The molecule has 0 spiro atoms. The lowest BCUT2D eigenvalue weighted by Gasteiger charge is -2.50. The van der Waals surface area contributed by atoms with Crippen molar-refractivity contribution >= 4 is 41.5 Å². The number of morpholine rings is 1. The van der Waals surface area contributed by atoms with Crippen LogP contribution in [-0.4, -0.2) is 79.8 Å². The molecule has 296 valence electrons. The first-order valence-electron chi connectivity index (χ1n) is 18.9. The molecule has 1 aliphatic heterocycles. The number of anilines is 1. The van der Waals surface area contributed by atoms with Gasteiger partial charge in [0.2, 0.25) is 17.7 Å². The van der Waals surface area contributed by atoms with E-state index in [9.17, 15) is 9.69 Å². The maximum absolute atomic E-state index is 13.0. The maximum Gasteiger partial charge on any atom is 0.260 e. The summed E-state index contributed by atoms with van der Waals surface area (Å²) in [6.45, 7) is 3.41. The number of nitrogens with zero attached hydrogens (tertiary/aromatic N) is 6. The number of carbonyl (C=O) groups is 1. The molecule has 4 aromatic carbocycles. The molecule has 1 unspecified atom stereocenters. The summed E-state index contributed by atoms with van der Waals surface area (Å²) in [5.74, 6) is -0.225. The number of rotatable bonds is 14. The van der Waals surface area contributed by atoms with Crippen molar-refractivity contribution in [2.75, 3.05) is 39.1 Å². The van der Waals surface area contributed by atoms with Crippen LogP contribution in [-0.2, 0) is 38.0 Å². The van der Waals surface area contributed by atoms with Gasteiger partial charge < -0.3 is 18.9 Å². The van der Waals surface area contributed by atoms with Gasteiger partial charge in [0, 0.05) is 19.0 Å². The van der Waals surface area contributed by atoms with Crippen LogP contribution in [0.5, 0.6) is 5.88 Å². The van der Waals surface area contributed by atoms with E-state index in [0.29, 0.717) is 24.3 Å². The Bertz CT molecular complexity index is 2230. The van der Waals surface area contributed by atoms with E-state index in [1.807, 2.05) is 54.0 Å². The fourth-order valence-electron chi connectivity index (χ4n) is 7.07. The van der Waals surface area contributed by atoms with E-state index in [0.717, 1.165) is 27.8 Å². The third-order valence-electron chi connectivity index (χ3n) is 10.1. The predicted octanol–water partition coefficient (Wildman–Crippen LogP) is 7.29. The molecule has 1 fully saturated rings. The van der Waals surface area contributed by atoms with Gasteiger partial charge in [-0.1, -0.05) is 135 Å². The summed E-state index contributed by atoms with van der Waals surface area (Å²) in [6, 6.07) is 39.3. The Kier molecular flexibility index (Phi) is 12.3. The number of aryl methyl sites for hydroxylation is 1. The molecule has 12 nitrogen and oxygen atoms in total. The monoisotopic (exact) mass is 805 g/mol. The highest BCUT2D eigenvalue weighted by atomic mass is 32.5. The minimum absolute atomic E-state index is 0.0234. The van der Waals surface area contributed by atoms with Crippen LogP contribution in [0.3, 0.4) is 0 Å². The SMILES string of the molecule is Cc1ccc(COc2nc(NC(=O)C(C)C)nc3c2ncn3[C@H]2CN(C(c3ccccc3)(c3ccccc3)c3ccccc3)C[C@@H](COP(O)(=S)N(C)C)O2)cc1. The summed E-state index contributed by atoms with van der Waals surface area (Å²) < 4.78 is 22.7. The van der Waals surface area contributed by atoms with Crippen molar-refractivity contribution in [1.82, 2.24) is 29.1 Å². The highest BCUT2D eigenvalue weighted by Gasteiger charge is 2.47. The molecule has 3 atom stereocenters. The Morgan fingerprint density at radius 2 is 1.51 bits per heavy atom. The van der Waals surface area contributed by atoms with Gasteiger partial charge in [0.15, 0.2) is 11.2 Å². The minimum Gasteiger partial charge on any atom is -0.471 e. The average molecular weight is 806 g/mol. The van der Waals surface area contributed by atoms with Crippen LogP contribution in [0.1, 0.15) is 47.9 Å². The van der Waals surface area contributed by atoms with Gasteiger partial charge in [-0.3, -0.25) is 19.6 Å². The van der Waals surface area contributed by atoms with E-state index in [4.69, 9.17) is 35.8 Å². The van der Waals surface area contributed by atoms with E-state index in [-0.39, 0.29) is 36.9 Å². The second kappa shape index (κ2) is 17.3. The van der Waals surface area contributed by atoms with Crippen LogP contribution >= 0.6 is 6.64 Å². The van der Waals surface area contributed by atoms with Gasteiger partial charge in [-0.2, -0.15) is 9.97 Å². The zero-order valence-electron chi connectivity index (χ0n) is 32.7. The van der Waals surface area contributed by atoms with Crippen LogP contribution in [0, 0.1) is 12.8 Å². The summed E-state index contributed by atoms with van der Waals surface area (Å²) in [5, 5.41) is 2.86. The van der Waals surface area contributed by atoms with Crippen LogP contribution in [0.15, 0.2) is 122 Å². The zero-order chi connectivity index (χ0) is 40.2. The van der Waals surface area contributed by atoms with Crippen LogP contribution in [0.25, 0.3) is 11.2 Å². The first-order chi connectivity index (χ1) is 27.5. The van der Waals surface area contributed by atoms with Crippen molar-refractivity contribution in [3.63, 3.8) is 0 Å². The second-order valence-electron chi connectivity index (χ2n) is 14.7. The van der Waals surface area contributed by atoms with Crippen LogP contribution < -0.4 is 10.1 Å². The summed E-state index contributed by atoms with van der Waals surface area (Å²) >= 11 is 5.51. The molecular weight excluding hydrogens is 758 g/mol. The molecule has 6 aromatic rings. The van der Waals surface area contributed by atoms with Gasteiger partial charge in [0.1, 0.15) is 12.8 Å². The Labute approximate surface area is 338 Å². The number of fused-ring (bicyclic) bond motifs is 1. The number of ether oxygens (including phenoxy) is 2. The van der Waals surface area contributed by atoms with Gasteiger partial charge in [-0.25, -0.2) is 9.65 Å². The molecule has 1 amide bonds. The summed E-state index contributed by atoms with van der Waals surface area (Å²) in [6.07, 6.45) is 0.423. The molecule has 0 aliphatic carbocycles. The largest absolute Gasteiger partial charge is 0.471 e. The maximum atomic E-state index is 13.0.